The first-order valence-electron chi connectivity index (χ1n) is 9.69. The molecule has 0 unspecified atom stereocenters. The van der Waals surface area contributed by atoms with Crippen LogP contribution in [0.2, 0.25) is 0 Å². The standard InChI is InChI=1S/C20H26N6O2/c1-24-6-8-26(9-7-24)19-15-21-17(14-22-19)20(27)23-16-4-2-3-5-18(16)25-10-12-28-13-11-25/h2-5,14-15H,6-13H2,1H3,(H,23,27). The first kappa shape index (κ1) is 18.6. The largest absolute Gasteiger partial charge is 0.378 e. The maximum absolute atomic E-state index is 12.7. The van der Waals surface area contributed by atoms with Gasteiger partial charge in [-0.15, -0.1) is 0 Å². The molecule has 0 radical (unpaired) electrons. The third-order valence-electron chi connectivity index (χ3n) is 5.20. The zero-order chi connectivity index (χ0) is 19.3. The maximum Gasteiger partial charge on any atom is 0.275 e. The van der Waals surface area contributed by atoms with Crippen molar-refractivity contribution in [2.75, 3.05) is 74.6 Å². The van der Waals surface area contributed by atoms with E-state index >= 15 is 0 Å². The number of para-hydroxylation sites is 2. The highest BCUT2D eigenvalue weighted by Crippen LogP contribution is 2.26. The molecular formula is C20H26N6O2. The number of nitrogens with zero attached hydrogens (tertiary/aromatic N) is 5. The molecule has 4 rings (SSSR count). The molecule has 3 heterocycles. The lowest BCUT2D eigenvalue weighted by molar-refractivity contribution is 0.102. The van der Waals surface area contributed by atoms with Crippen molar-refractivity contribution in [3.63, 3.8) is 0 Å². The van der Waals surface area contributed by atoms with Gasteiger partial charge in [-0.05, 0) is 19.2 Å². The minimum absolute atomic E-state index is 0.252. The Morgan fingerprint density at radius 3 is 2.43 bits per heavy atom. The van der Waals surface area contributed by atoms with Crippen LogP contribution >= 0.6 is 0 Å². The van der Waals surface area contributed by atoms with Gasteiger partial charge in [0.1, 0.15) is 11.5 Å². The number of amides is 1. The van der Waals surface area contributed by atoms with Gasteiger partial charge in [-0.1, -0.05) is 12.1 Å². The molecule has 0 spiro atoms. The molecule has 2 fully saturated rings. The van der Waals surface area contributed by atoms with Gasteiger partial charge in [-0.25, -0.2) is 9.97 Å². The van der Waals surface area contributed by atoms with Crippen LogP contribution in [0.15, 0.2) is 36.7 Å². The number of carbonyl (C=O) groups is 1. The molecule has 1 aromatic heterocycles. The Labute approximate surface area is 165 Å². The molecule has 0 bridgehead atoms. The van der Waals surface area contributed by atoms with Crippen molar-refractivity contribution in [3.8, 4) is 0 Å². The fourth-order valence-electron chi connectivity index (χ4n) is 3.48. The van der Waals surface area contributed by atoms with E-state index in [2.05, 4.69) is 37.0 Å². The lowest BCUT2D eigenvalue weighted by Crippen LogP contribution is -2.44. The number of piperazine rings is 1. The number of rotatable bonds is 4. The predicted octanol–water partition coefficient (Wildman–Crippen LogP) is 1.32. The highest BCUT2D eigenvalue weighted by molar-refractivity contribution is 6.04. The summed E-state index contributed by atoms with van der Waals surface area (Å²) >= 11 is 0. The van der Waals surface area contributed by atoms with Crippen molar-refractivity contribution in [1.82, 2.24) is 14.9 Å². The molecule has 1 N–H and O–H groups in total. The van der Waals surface area contributed by atoms with Crippen LogP contribution in [0.25, 0.3) is 0 Å². The number of nitrogens with one attached hydrogen (secondary N) is 1. The molecule has 8 heteroatoms. The normalized spacial score (nSPS) is 18.2. The number of morpholine rings is 1. The van der Waals surface area contributed by atoms with Gasteiger partial charge >= 0.3 is 0 Å². The molecule has 0 atom stereocenters. The Kier molecular flexibility index (Phi) is 5.68. The van der Waals surface area contributed by atoms with Crippen LogP contribution in [0.5, 0.6) is 0 Å². The zero-order valence-electron chi connectivity index (χ0n) is 16.2. The quantitative estimate of drug-likeness (QED) is 0.855. The summed E-state index contributed by atoms with van der Waals surface area (Å²) in [5.41, 5.74) is 2.09. The van der Waals surface area contributed by atoms with E-state index in [9.17, 15) is 4.79 Å². The summed E-state index contributed by atoms with van der Waals surface area (Å²) in [7, 11) is 2.12. The molecule has 2 aromatic rings. The number of hydrogen-bond donors (Lipinski definition) is 1. The second kappa shape index (κ2) is 8.53. The monoisotopic (exact) mass is 382 g/mol. The van der Waals surface area contributed by atoms with E-state index in [4.69, 9.17) is 4.74 Å². The second-order valence-electron chi connectivity index (χ2n) is 7.12. The molecule has 8 nitrogen and oxygen atoms in total. The van der Waals surface area contributed by atoms with Crippen molar-refractivity contribution < 1.29 is 9.53 Å². The highest BCUT2D eigenvalue weighted by Gasteiger charge is 2.19. The van der Waals surface area contributed by atoms with Crippen LogP contribution in [0.1, 0.15) is 10.5 Å². The van der Waals surface area contributed by atoms with Crippen LogP contribution in [0.3, 0.4) is 0 Å². The SMILES string of the molecule is CN1CCN(c2cnc(C(=O)Nc3ccccc3N3CCOCC3)cn2)CC1. The van der Waals surface area contributed by atoms with E-state index in [0.717, 1.165) is 56.5 Å². The molecule has 148 valence electrons. The van der Waals surface area contributed by atoms with Crippen molar-refractivity contribution in [1.29, 1.82) is 0 Å². The minimum Gasteiger partial charge on any atom is -0.378 e. The Morgan fingerprint density at radius 1 is 0.964 bits per heavy atom. The van der Waals surface area contributed by atoms with Crippen LogP contribution in [0, 0.1) is 0 Å². The van der Waals surface area contributed by atoms with Crippen LogP contribution in [-0.2, 0) is 4.74 Å². The van der Waals surface area contributed by atoms with E-state index < -0.39 is 0 Å². The Balaban J connectivity index is 1.44. The number of benzene rings is 1. The summed E-state index contributed by atoms with van der Waals surface area (Å²) in [6, 6.07) is 7.82. The maximum atomic E-state index is 12.7. The Bertz CT molecular complexity index is 799. The number of carbonyl (C=O) groups excluding carboxylic acids is 1. The van der Waals surface area contributed by atoms with Gasteiger partial charge in [0.2, 0.25) is 0 Å². The number of likely N-dealkylation sites (N-methyl/N-ethyl adjacent to an activating group) is 1. The number of anilines is 3. The van der Waals surface area contributed by atoms with Crippen LogP contribution < -0.4 is 15.1 Å². The van der Waals surface area contributed by atoms with Gasteiger partial charge in [0.25, 0.3) is 5.91 Å². The number of aromatic nitrogens is 2. The van der Waals surface area contributed by atoms with Crippen molar-refractivity contribution in [2.24, 2.45) is 0 Å². The highest BCUT2D eigenvalue weighted by atomic mass is 16.5. The predicted molar refractivity (Wildman–Crippen MR) is 109 cm³/mol. The number of hydrogen-bond acceptors (Lipinski definition) is 7. The fraction of sp³-hybridized carbons (Fsp3) is 0.450. The Morgan fingerprint density at radius 2 is 1.71 bits per heavy atom. The van der Waals surface area contributed by atoms with Crippen LogP contribution in [0.4, 0.5) is 17.2 Å². The molecule has 0 aliphatic carbocycles. The lowest BCUT2D eigenvalue weighted by atomic mass is 10.2. The van der Waals surface area contributed by atoms with Gasteiger partial charge < -0.3 is 24.8 Å². The molecule has 0 saturated carbocycles. The van der Waals surface area contributed by atoms with Crippen molar-refractivity contribution in [2.45, 2.75) is 0 Å². The third kappa shape index (κ3) is 4.23. The molecule has 1 amide bonds. The first-order chi connectivity index (χ1) is 13.7. The smallest absolute Gasteiger partial charge is 0.275 e. The minimum atomic E-state index is -0.252. The second-order valence-corrected chi connectivity index (χ2v) is 7.12. The summed E-state index contributed by atoms with van der Waals surface area (Å²) in [6.07, 6.45) is 3.24. The van der Waals surface area contributed by atoms with Crippen LogP contribution in [-0.4, -0.2) is 80.3 Å². The number of ether oxygens (including phenoxy) is 1. The van der Waals surface area contributed by atoms with Gasteiger partial charge in [0.05, 0.1) is 37.0 Å². The van der Waals surface area contributed by atoms with Gasteiger partial charge in [-0.3, -0.25) is 4.79 Å². The topological polar surface area (TPSA) is 73.8 Å². The van der Waals surface area contributed by atoms with Gasteiger partial charge in [0.15, 0.2) is 0 Å². The van der Waals surface area contributed by atoms with Crippen molar-refractivity contribution >= 4 is 23.1 Å². The van der Waals surface area contributed by atoms with Gasteiger partial charge in [-0.2, -0.15) is 0 Å². The fourth-order valence-corrected chi connectivity index (χ4v) is 3.48. The summed E-state index contributed by atoms with van der Waals surface area (Å²) < 4.78 is 5.42. The van der Waals surface area contributed by atoms with Crippen molar-refractivity contribution in [3.05, 3.63) is 42.4 Å². The van der Waals surface area contributed by atoms with E-state index in [1.807, 2.05) is 24.3 Å². The molecule has 28 heavy (non-hydrogen) atoms. The lowest BCUT2D eigenvalue weighted by Gasteiger charge is -2.32. The molecule has 2 aliphatic rings. The molecule has 2 aliphatic heterocycles. The van der Waals surface area contributed by atoms with E-state index in [1.165, 1.54) is 0 Å². The summed E-state index contributed by atoms with van der Waals surface area (Å²) in [4.78, 5) is 28.2. The first-order valence-corrected chi connectivity index (χ1v) is 9.69. The summed E-state index contributed by atoms with van der Waals surface area (Å²) in [6.45, 7) is 6.86. The van der Waals surface area contributed by atoms with E-state index in [-0.39, 0.29) is 5.91 Å². The average Bonchev–Trinajstić information content (AvgIpc) is 2.75. The molecular weight excluding hydrogens is 356 g/mol. The Hall–Kier alpha value is -2.71. The van der Waals surface area contributed by atoms with E-state index in [0.29, 0.717) is 18.9 Å². The van der Waals surface area contributed by atoms with E-state index in [1.54, 1.807) is 12.4 Å². The summed E-state index contributed by atoms with van der Waals surface area (Å²) in [5.74, 6) is 0.566. The molecule has 1 aromatic carbocycles. The zero-order valence-corrected chi connectivity index (χ0v) is 16.2. The van der Waals surface area contributed by atoms with Gasteiger partial charge in [0, 0.05) is 39.3 Å². The third-order valence-corrected chi connectivity index (χ3v) is 5.20. The summed E-state index contributed by atoms with van der Waals surface area (Å²) in [5, 5.41) is 2.98. The molecule has 2 saturated heterocycles. The average molecular weight is 382 g/mol.